The van der Waals surface area contributed by atoms with Crippen LogP contribution in [0.5, 0.6) is 0 Å². The van der Waals surface area contributed by atoms with Crippen LogP contribution in [0.3, 0.4) is 0 Å². The summed E-state index contributed by atoms with van der Waals surface area (Å²) in [6, 6.07) is 11.3. The molecule has 1 saturated heterocycles. The van der Waals surface area contributed by atoms with E-state index in [2.05, 4.69) is 5.32 Å². The lowest BCUT2D eigenvalue weighted by Gasteiger charge is -2.13. The van der Waals surface area contributed by atoms with Gasteiger partial charge in [0.1, 0.15) is 0 Å². The molecule has 0 aliphatic carbocycles. The van der Waals surface area contributed by atoms with Gasteiger partial charge in [-0.3, -0.25) is 24.1 Å². The summed E-state index contributed by atoms with van der Waals surface area (Å²) in [6.45, 7) is 2.29. The molecule has 1 aliphatic heterocycles. The molecule has 1 aromatic heterocycles. The SMILES string of the molecule is Cc1ccc(/C=C2/SC(=O)N(CCNC(=O)CCCC(=O)c3cccs3)C2=O)cc1. The molecule has 2 aromatic rings. The van der Waals surface area contributed by atoms with Gasteiger partial charge in [0.2, 0.25) is 5.91 Å². The molecule has 0 radical (unpaired) electrons. The van der Waals surface area contributed by atoms with Crippen LogP contribution in [0.2, 0.25) is 0 Å². The number of carbonyl (C=O) groups is 4. The van der Waals surface area contributed by atoms with Gasteiger partial charge in [0.25, 0.3) is 11.1 Å². The third-order valence-corrected chi connectivity index (χ3v) is 6.33. The minimum absolute atomic E-state index is 0.0379. The van der Waals surface area contributed by atoms with E-state index in [0.29, 0.717) is 22.6 Å². The Kier molecular flexibility index (Phi) is 7.59. The Bertz CT molecular complexity index is 966. The van der Waals surface area contributed by atoms with Crippen molar-refractivity contribution >= 4 is 52.0 Å². The van der Waals surface area contributed by atoms with Gasteiger partial charge in [0.05, 0.1) is 9.78 Å². The number of benzene rings is 1. The summed E-state index contributed by atoms with van der Waals surface area (Å²) in [6.07, 6.45) is 2.71. The van der Waals surface area contributed by atoms with E-state index >= 15 is 0 Å². The smallest absolute Gasteiger partial charge is 0.293 e. The second kappa shape index (κ2) is 10.4. The van der Waals surface area contributed by atoms with Crippen molar-refractivity contribution in [3.8, 4) is 0 Å². The Hall–Kier alpha value is -2.71. The molecule has 0 bridgehead atoms. The number of amides is 3. The normalized spacial score (nSPS) is 15.1. The minimum Gasteiger partial charge on any atom is -0.354 e. The number of nitrogens with one attached hydrogen (secondary N) is 1. The molecule has 2 heterocycles. The van der Waals surface area contributed by atoms with E-state index in [1.807, 2.05) is 42.6 Å². The average molecular weight is 443 g/mol. The predicted octanol–water partition coefficient (Wildman–Crippen LogP) is 4.26. The lowest BCUT2D eigenvalue weighted by atomic mass is 10.1. The molecule has 1 aliphatic rings. The summed E-state index contributed by atoms with van der Waals surface area (Å²) in [5.41, 5.74) is 1.98. The summed E-state index contributed by atoms with van der Waals surface area (Å²) in [4.78, 5) is 50.7. The molecule has 1 N–H and O–H groups in total. The number of aryl methyl sites for hydroxylation is 1. The second-order valence-electron chi connectivity index (χ2n) is 6.85. The van der Waals surface area contributed by atoms with Crippen molar-refractivity contribution in [2.75, 3.05) is 13.1 Å². The van der Waals surface area contributed by atoms with Gasteiger partial charge in [-0.2, -0.15) is 0 Å². The monoisotopic (exact) mass is 442 g/mol. The topological polar surface area (TPSA) is 83.6 Å². The number of Topliss-reactive ketones (excluding diaryl/α,β-unsaturated/α-hetero) is 1. The summed E-state index contributed by atoms with van der Waals surface area (Å²) in [7, 11) is 0. The molecular weight excluding hydrogens is 420 g/mol. The maximum atomic E-state index is 12.5. The first kappa shape index (κ1) is 22.0. The molecule has 8 heteroatoms. The standard InChI is InChI=1S/C22H22N2O4S2/c1-15-7-9-16(10-8-15)14-19-21(27)24(22(28)30-19)12-11-23-20(26)6-2-4-17(25)18-5-3-13-29-18/h3,5,7-10,13-14H,2,4,6,11-12H2,1H3,(H,23,26)/b19-14+. The van der Waals surface area contributed by atoms with Crippen molar-refractivity contribution in [2.24, 2.45) is 0 Å². The zero-order valence-electron chi connectivity index (χ0n) is 16.6. The second-order valence-corrected chi connectivity index (χ2v) is 8.79. The van der Waals surface area contributed by atoms with E-state index in [4.69, 9.17) is 0 Å². The van der Waals surface area contributed by atoms with E-state index in [-0.39, 0.29) is 42.3 Å². The van der Waals surface area contributed by atoms with Gasteiger partial charge in [-0.1, -0.05) is 35.9 Å². The highest BCUT2D eigenvalue weighted by Crippen LogP contribution is 2.31. The highest BCUT2D eigenvalue weighted by atomic mass is 32.2. The van der Waals surface area contributed by atoms with Crippen LogP contribution in [0.4, 0.5) is 4.79 Å². The molecule has 0 unspecified atom stereocenters. The fourth-order valence-corrected chi connectivity index (χ4v) is 4.43. The van der Waals surface area contributed by atoms with Gasteiger partial charge in [0, 0.05) is 25.9 Å². The number of thiophene rings is 1. The zero-order chi connectivity index (χ0) is 21.5. The van der Waals surface area contributed by atoms with E-state index < -0.39 is 0 Å². The van der Waals surface area contributed by atoms with Crippen LogP contribution in [0, 0.1) is 6.92 Å². The van der Waals surface area contributed by atoms with Crippen molar-refractivity contribution in [1.29, 1.82) is 0 Å². The van der Waals surface area contributed by atoms with Crippen molar-refractivity contribution < 1.29 is 19.2 Å². The summed E-state index contributed by atoms with van der Waals surface area (Å²) >= 11 is 2.30. The molecule has 3 amide bonds. The maximum absolute atomic E-state index is 12.5. The Morgan fingerprint density at radius 1 is 1.10 bits per heavy atom. The van der Waals surface area contributed by atoms with E-state index in [9.17, 15) is 19.2 Å². The van der Waals surface area contributed by atoms with Crippen molar-refractivity contribution in [2.45, 2.75) is 26.2 Å². The summed E-state index contributed by atoms with van der Waals surface area (Å²) < 4.78 is 0. The van der Waals surface area contributed by atoms with Crippen LogP contribution in [-0.4, -0.2) is 40.8 Å². The van der Waals surface area contributed by atoms with E-state index in [1.165, 1.54) is 11.3 Å². The molecule has 156 valence electrons. The summed E-state index contributed by atoms with van der Waals surface area (Å²) in [5.74, 6) is -0.506. The first-order valence-corrected chi connectivity index (χ1v) is 11.3. The molecule has 3 rings (SSSR count). The Morgan fingerprint density at radius 3 is 2.57 bits per heavy atom. The summed E-state index contributed by atoms with van der Waals surface area (Å²) in [5, 5.41) is 4.22. The van der Waals surface area contributed by atoms with Gasteiger partial charge < -0.3 is 5.32 Å². The fraction of sp³-hybridized carbons (Fsp3) is 0.273. The first-order valence-electron chi connectivity index (χ1n) is 9.59. The highest BCUT2D eigenvalue weighted by molar-refractivity contribution is 8.18. The largest absolute Gasteiger partial charge is 0.354 e. The maximum Gasteiger partial charge on any atom is 0.293 e. The van der Waals surface area contributed by atoms with Crippen LogP contribution >= 0.6 is 23.1 Å². The predicted molar refractivity (Wildman–Crippen MR) is 119 cm³/mol. The van der Waals surface area contributed by atoms with Crippen molar-refractivity contribution in [3.63, 3.8) is 0 Å². The molecule has 1 aromatic carbocycles. The number of rotatable bonds is 9. The third-order valence-electron chi connectivity index (χ3n) is 4.51. The number of nitrogens with zero attached hydrogens (tertiary/aromatic N) is 1. The molecule has 30 heavy (non-hydrogen) atoms. The average Bonchev–Trinajstić information content (AvgIpc) is 3.34. The van der Waals surface area contributed by atoms with Crippen molar-refractivity contribution in [3.05, 3.63) is 62.7 Å². The molecule has 1 fully saturated rings. The Labute approximate surface area is 183 Å². The van der Waals surface area contributed by atoms with Crippen LogP contribution in [0.15, 0.2) is 46.7 Å². The number of ketones is 1. The number of thioether (sulfide) groups is 1. The highest BCUT2D eigenvalue weighted by Gasteiger charge is 2.34. The quantitative estimate of drug-likeness (QED) is 0.463. The Balaban J connectivity index is 1.41. The third kappa shape index (κ3) is 5.90. The molecule has 0 saturated carbocycles. The molecular formula is C22H22N2O4S2. The lowest BCUT2D eigenvalue weighted by molar-refractivity contribution is -0.124. The molecule has 6 nitrogen and oxygen atoms in total. The van der Waals surface area contributed by atoms with Crippen molar-refractivity contribution in [1.82, 2.24) is 10.2 Å². The van der Waals surface area contributed by atoms with Gasteiger partial charge in [0.15, 0.2) is 5.78 Å². The zero-order valence-corrected chi connectivity index (χ0v) is 18.2. The fourth-order valence-electron chi connectivity index (χ4n) is 2.87. The lowest BCUT2D eigenvalue weighted by Crippen LogP contribution is -2.37. The Morgan fingerprint density at radius 2 is 1.87 bits per heavy atom. The first-order chi connectivity index (χ1) is 14.4. The number of imide groups is 1. The number of hydrogen-bond donors (Lipinski definition) is 1. The minimum atomic E-state index is -0.346. The van der Waals surface area contributed by atoms with Gasteiger partial charge >= 0.3 is 0 Å². The molecule has 0 spiro atoms. The van der Waals surface area contributed by atoms with Crippen LogP contribution in [0.1, 0.15) is 40.1 Å². The van der Waals surface area contributed by atoms with E-state index in [1.54, 1.807) is 12.1 Å². The van der Waals surface area contributed by atoms with Gasteiger partial charge in [-0.15, -0.1) is 11.3 Å². The van der Waals surface area contributed by atoms with Crippen LogP contribution in [-0.2, 0) is 9.59 Å². The van der Waals surface area contributed by atoms with E-state index in [0.717, 1.165) is 27.8 Å². The van der Waals surface area contributed by atoms with Gasteiger partial charge in [-0.25, -0.2) is 0 Å². The van der Waals surface area contributed by atoms with Gasteiger partial charge in [-0.05, 0) is 48.2 Å². The number of hydrogen-bond acceptors (Lipinski definition) is 6. The van der Waals surface area contributed by atoms with Crippen LogP contribution in [0.25, 0.3) is 6.08 Å². The van der Waals surface area contributed by atoms with Crippen LogP contribution < -0.4 is 5.32 Å². The molecule has 0 atom stereocenters. The number of carbonyl (C=O) groups excluding carboxylic acids is 4.